The van der Waals surface area contributed by atoms with Crippen molar-refractivity contribution < 1.29 is 0 Å². The molecule has 0 aliphatic carbocycles. The summed E-state index contributed by atoms with van der Waals surface area (Å²) < 4.78 is 1.28. The van der Waals surface area contributed by atoms with Gasteiger partial charge in [-0.2, -0.15) is 5.10 Å². The lowest BCUT2D eigenvalue weighted by atomic mass is 10.0. The Labute approximate surface area is 124 Å². The Morgan fingerprint density at radius 2 is 2.00 bits per heavy atom. The van der Waals surface area contributed by atoms with Crippen LogP contribution in [0.3, 0.4) is 0 Å². The third-order valence-corrected chi connectivity index (χ3v) is 3.54. The first-order chi connectivity index (χ1) is 9.05. The molecule has 0 unspecified atom stereocenters. The van der Waals surface area contributed by atoms with Crippen molar-refractivity contribution in [1.29, 1.82) is 0 Å². The van der Waals surface area contributed by atoms with E-state index in [1.54, 1.807) is 10.7 Å². The smallest absolute Gasteiger partial charge is 0.153 e. The topological polar surface area (TPSA) is 56.2 Å². The molecule has 5 heteroatoms. The highest BCUT2D eigenvalue weighted by Crippen LogP contribution is 2.33. The molecule has 96 valence electrons. The summed E-state index contributed by atoms with van der Waals surface area (Å²) in [5, 5.41) is 4.64. The molecule has 0 saturated heterocycles. The standard InChI is InChI=1S/C14H13IN4/c1-14(15,16)11-9-12-17-7-8-19(12)18-13(11)10-5-3-2-4-6-10/h2-9H,16H2,1H3/t14-/m1/s1. The normalized spacial score (nSPS) is 14.5. The number of hydrogen-bond donors (Lipinski definition) is 1. The average Bonchev–Trinajstić information content (AvgIpc) is 2.84. The molecule has 0 amide bonds. The SMILES string of the molecule is C[C@](N)(I)c1cc2nccn2nc1-c1ccccc1. The van der Waals surface area contributed by atoms with Crippen LogP contribution in [0.15, 0.2) is 48.8 Å². The largest absolute Gasteiger partial charge is 0.313 e. The number of fused-ring (bicyclic) bond motifs is 1. The lowest BCUT2D eigenvalue weighted by Crippen LogP contribution is -2.26. The van der Waals surface area contributed by atoms with Crippen molar-refractivity contribution in [3.8, 4) is 11.3 Å². The molecule has 0 bridgehead atoms. The predicted molar refractivity (Wildman–Crippen MR) is 84.0 cm³/mol. The highest BCUT2D eigenvalue weighted by Gasteiger charge is 2.23. The summed E-state index contributed by atoms with van der Waals surface area (Å²) >= 11 is 2.23. The number of hydrogen-bond acceptors (Lipinski definition) is 3. The second-order valence-electron chi connectivity index (χ2n) is 4.58. The first kappa shape index (κ1) is 12.6. The summed E-state index contributed by atoms with van der Waals surface area (Å²) in [6.07, 6.45) is 3.58. The Bertz CT molecular complexity index is 713. The fourth-order valence-electron chi connectivity index (χ4n) is 2.04. The van der Waals surface area contributed by atoms with E-state index in [2.05, 4.69) is 32.7 Å². The average molecular weight is 364 g/mol. The Hall–Kier alpha value is -1.47. The van der Waals surface area contributed by atoms with E-state index in [1.165, 1.54) is 0 Å². The second-order valence-corrected chi connectivity index (χ2v) is 6.82. The van der Waals surface area contributed by atoms with Gasteiger partial charge in [-0.05, 0) is 13.0 Å². The lowest BCUT2D eigenvalue weighted by Gasteiger charge is -2.20. The van der Waals surface area contributed by atoms with E-state index in [1.807, 2.05) is 49.5 Å². The number of aromatic nitrogens is 3. The number of imidazole rings is 1. The maximum Gasteiger partial charge on any atom is 0.153 e. The fourth-order valence-corrected chi connectivity index (χ4v) is 2.45. The summed E-state index contributed by atoms with van der Waals surface area (Å²) in [5.74, 6) is 0. The van der Waals surface area contributed by atoms with Gasteiger partial charge in [0.2, 0.25) is 0 Å². The van der Waals surface area contributed by atoms with Crippen LogP contribution in [-0.2, 0) is 3.55 Å². The van der Waals surface area contributed by atoms with Gasteiger partial charge in [-0.1, -0.05) is 52.9 Å². The third kappa shape index (κ3) is 2.35. The van der Waals surface area contributed by atoms with Gasteiger partial charge >= 0.3 is 0 Å². The monoisotopic (exact) mass is 364 g/mol. The molecular weight excluding hydrogens is 351 g/mol. The number of alkyl halides is 1. The summed E-state index contributed by atoms with van der Waals surface area (Å²) in [4.78, 5) is 4.27. The maximum absolute atomic E-state index is 6.26. The van der Waals surface area contributed by atoms with Gasteiger partial charge in [-0.3, -0.25) is 0 Å². The van der Waals surface area contributed by atoms with Crippen molar-refractivity contribution in [2.75, 3.05) is 0 Å². The molecule has 3 aromatic rings. The molecule has 19 heavy (non-hydrogen) atoms. The zero-order valence-corrected chi connectivity index (χ0v) is 12.6. The minimum absolute atomic E-state index is 0.496. The quantitative estimate of drug-likeness (QED) is 0.432. The van der Waals surface area contributed by atoms with Gasteiger partial charge in [-0.15, -0.1) is 0 Å². The lowest BCUT2D eigenvalue weighted by molar-refractivity contribution is 0.765. The van der Waals surface area contributed by atoms with E-state index in [-0.39, 0.29) is 0 Å². The first-order valence-corrected chi connectivity index (χ1v) is 7.01. The van der Waals surface area contributed by atoms with Gasteiger partial charge in [0.05, 0.1) is 9.24 Å². The van der Waals surface area contributed by atoms with Crippen LogP contribution < -0.4 is 5.73 Å². The molecule has 0 fully saturated rings. The predicted octanol–water partition coefficient (Wildman–Crippen LogP) is 2.96. The second kappa shape index (κ2) is 4.57. The van der Waals surface area contributed by atoms with E-state index in [0.717, 1.165) is 22.5 Å². The first-order valence-electron chi connectivity index (χ1n) is 5.94. The minimum atomic E-state index is -0.496. The molecule has 2 aromatic heterocycles. The number of rotatable bonds is 2. The van der Waals surface area contributed by atoms with Crippen molar-refractivity contribution in [3.05, 3.63) is 54.4 Å². The minimum Gasteiger partial charge on any atom is -0.313 e. The summed E-state index contributed by atoms with van der Waals surface area (Å²) in [5.41, 5.74) is 10.0. The van der Waals surface area contributed by atoms with Crippen LogP contribution in [0.4, 0.5) is 0 Å². The third-order valence-electron chi connectivity index (χ3n) is 2.96. The molecular formula is C14H13IN4. The van der Waals surface area contributed by atoms with Crippen LogP contribution in [0.25, 0.3) is 16.9 Å². The summed E-state index contributed by atoms with van der Waals surface area (Å²) in [7, 11) is 0. The molecule has 4 nitrogen and oxygen atoms in total. The molecule has 0 aliphatic rings. The molecule has 1 aromatic carbocycles. The molecule has 0 radical (unpaired) electrons. The summed E-state index contributed by atoms with van der Waals surface area (Å²) in [6, 6.07) is 12.1. The highest BCUT2D eigenvalue weighted by atomic mass is 127. The Balaban J connectivity index is 2.32. The Morgan fingerprint density at radius 3 is 2.68 bits per heavy atom. The van der Waals surface area contributed by atoms with Gasteiger partial charge in [0.1, 0.15) is 0 Å². The molecule has 0 spiro atoms. The molecule has 2 heterocycles. The van der Waals surface area contributed by atoms with Crippen LogP contribution in [0.2, 0.25) is 0 Å². The van der Waals surface area contributed by atoms with Crippen molar-refractivity contribution in [2.45, 2.75) is 10.5 Å². The van der Waals surface area contributed by atoms with Crippen molar-refractivity contribution >= 4 is 28.2 Å². The van der Waals surface area contributed by atoms with Crippen molar-refractivity contribution in [1.82, 2.24) is 14.6 Å². The van der Waals surface area contributed by atoms with E-state index < -0.39 is 3.55 Å². The fraction of sp³-hybridized carbons (Fsp3) is 0.143. The molecule has 1 atom stereocenters. The van der Waals surface area contributed by atoms with Crippen LogP contribution in [0.5, 0.6) is 0 Å². The molecule has 2 N–H and O–H groups in total. The van der Waals surface area contributed by atoms with Crippen molar-refractivity contribution in [3.63, 3.8) is 0 Å². The van der Waals surface area contributed by atoms with Gasteiger partial charge < -0.3 is 5.73 Å². The molecule has 3 rings (SSSR count). The number of benzene rings is 1. The van der Waals surface area contributed by atoms with Gasteiger partial charge in [0.15, 0.2) is 5.65 Å². The van der Waals surface area contributed by atoms with E-state index in [4.69, 9.17) is 5.73 Å². The maximum atomic E-state index is 6.26. The number of nitrogens with two attached hydrogens (primary N) is 1. The van der Waals surface area contributed by atoms with Crippen molar-refractivity contribution in [2.24, 2.45) is 5.73 Å². The number of nitrogens with zero attached hydrogens (tertiary/aromatic N) is 3. The molecule has 0 saturated carbocycles. The van der Waals surface area contributed by atoms with Gasteiger partial charge in [0.25, 0.3) is 0 Å². The van der Waals surface area contributed by atoms with E-state index in [0.29, 0.717) is 0 Å². The van der Waals surface area contributed by atoms with Gasteiger partial charge in [-0.25, -0.2) is 9.50 Å². The zero-order valence-electron chi connectivity index (χ0n) is 10.4. The Morgan fingerprint density at radius 1 is 1.26 bits per heavy atom. The van der Waals surface area contributed by atoms with Crippen LogP contribution in [0, 0.1) is 0 Å². The Kier molecular flexibility index (Phi) is 3.02. The van der Waals surface area contributed by atoms with Crippen LogP contribution >= 0.6 is 22.6 Å². The highest BCUT2D eigenvalue weighted by molar-refractivity contribution is 14.1. The summed E-state index contributed by atoms with van der Waals surface area (Å²) in [6.45, 7) is 1.97. The van der Waals surface area contributed by atoms with Crippen LogP contribution in [-0.4, -0.2) is 14.6 Å². The molecule has 0 aliphatic heterocycles. The van der Waals surface area contributed by atoms with Gasteiger partial charge in [0, 0.05) is 23.5 Å². The zero-order chi connectivity index (χ0) is 13.5. The number of halogens is 1. The van der Waals surface area contributed by atoms with E-state index in [9.17, 15) is 0 Å². The van der Waals surface area contributed by atoms with E-state index >= 15 is 0 Å². The van der Waals surface area contributed by atoms with Crippen LogP contribution in [0.1, 0.15) is 12.5 Å².